The zero-order chi connectivity index (χ0) is 12.8. The first-order chi connectivity index (χ1) is 8.55. The Kier molecular flexibility index (Phi) is 2.67. The van der Waals surface area contributed by atoms with Gasteiger partial charge < -0.3 is 5.11 Å². The van der Waals surface area contributed by atoms with Crippen molar-refractivity contribution in [3.8, 4) is 0 Å². The molecule has 0 saturated heterocycles. The summed E-state index contributed by atoms with van der Waals surface area (Å²) in [7, 11) is 1.96. The molecule has 0 amide bonds. The highest BCUT2D eigenvalue weighted by Gasteiger charge is 2.32. The number of aliphatic hydroxyl groups is 1. The molecule has 1 saturated carbocycles. The molecule has 0 radical (unpaired) electrons. The lowest BCUT2D eigenvalue weighted by atomic mass is 9.92. The molecule has 2 aromatic rings. The molecule has 0 spiro atoms. The number of fused-ring (bicyclic) bond motifs is 1. The van der Waals surface area contributed by atoms with Crippen LogP contribution in [0.2, 0.25) is 0 Å². The third-order valence-corrected chi connectivity index (χ3v) is 3.81. The van der Waals surface area contributed by atoms with Crippen molar-refractivity contribution in [1.82, 2.24) is 9.78 Å². The molecule has 0 bridgehead atoms. The fraction of sp³-hybridized carbons (Fsp3) is 0.533. The monoisotopic (exact) mass is 244 g/mol. The number of aryl methyl sites for hydroxylation is 1. The second-order valence-electron chi connectivity index (χ2n) is 5.91. The molecule has 3 nitrogen and oxygen atoms in total. The second-order valence-corrected chi connectivity index (χ2v) is 5.91. The third-order valence-electron chi connectivity index (χ3n) is 3.81. The van der Waals surface area contributed by atoms with E-state index in [2.05, 4.69) is 17.2 Å². The first-order valence-electron chi connectivity index (χ1n) is 6.68. The molecule has 1 N–H and O–H groups in total. The lowest BCUT2D eigenvalue weighted by Crippen LogP contribution is -2.28. The molecule has 1 unspecified atom stereocenters. The lowest BCUT2D eigenvalue weighted by Gasteiger charge is -2.22. The van der Waals surface area contributed by atoms with Crippen molar-refractivity contribution in [1.29, 1.82) is 0 Å². The normalized spacial score (nSPS) is 19.1. The maximum atomic E-state index is 10.5. The summed E-state index contributed by atoms with van der Waals surface area (Å²) >= 11 is 0. The summed E-state index contributed by atoms with van der Waals surface area (Å²) < 4.78 is 1.90. The molecule has 1 aromatic heterocycles. The number of nitrogens with zero attached hydrogens (tertiary/aromatic N) is 2. The second kappa shape index (κ2) is 4.09. The van der Waals surface area contributed by atoms with Crippen LogP contribution in [0.1, 0.15) is 31.9 Å². The molecule has 18 heavy (non-hydrogen) atoms. The van der Waals surface area contributed by atoms with E-state index in [1.165, 1.54) is 12.8 Å². The Morgan fingerprint density at radius 1 is 1.39 bits per heavy atom. The average molecular weight is 244 g/mol. The van der Waals surface area contributed by atoms with Gasteiger partial charge in [-0.3, -0.25) is 4.68 Å². The molecule has 1 atom stereocenters. The summed E-state index contributed by atoms with van der Waals surface area (Å²) in [6, 6.07) is 8.21. The van der Waals surface area contributed by atoms with Gasteiger partial charge in [-0.25, -0.2) is 0 Å². The average Bonchev–Trinajstić information content (AvgIpc) is 3.05. The van der Waals surface area contributed by atoms with E-state index < -0.39 is 5.60 Å². The van der Waals surface area contributed by atoms with E-state index in [0.717, 1.165) is 28.9 Å². The molecule has 3 rings (SSSR count). The van der Waals surface area contributed by atoms with Crippen LogP contribution in [0.5, 0.6) is 0 Å². The van der Waals surface area contributed by atoms with Crippen molar-refractivity contribution in [2.75, 3.05) is 0 Å². The Bertz CT molecular complexity index is 567. The predicted molar refractivity (Wildman–Crippen MR) is 72.4 cm³/mol. The molecular formula is C15H20N2O. The van der Waals surface area contributed by atoms with E-state index in [0.29, 0.717) is 6.42 Å². The van der Waals surface area contributed by atoms with E-state index >= 15 is 0 Å². The highest BCUT2D eigenvalue weighted by Crippen LogP contribution is 2.38. The van der Waals surface area contributed by atoms with Gasteiger partial charge in [0.1, 0.15) is 0 Å². The number of aromatic nitrogens is 2. The summed E-state index contributed by atoms with van der Waals surface area (Å²) in [6.07, 6.45) is 4.10. The minimum Gasteiger partial charge on any atom is -0.390 e. The van der Waals surface area contributed by atoms with Gasteiger partial charge in [-0.2, -0.15) is 5.10 Å². The smallest absolute Gasteiger partial charge is 0.0731 e. The topological polar surface area (TPSA) is 38.0 Å². The highest BCUT2D eigenvalue weighted by atomic mass is 16.3. The van der Waals surface area contributed by atoms with E-state index in [-0.39, 0.29) is 0 Å². The first-order valence-corrected chi connectivity index (χ1v) is 6.68. The minimum absolute atomic E-state index is 0.627. The van der Waals surface area contributed by atoms with Crippen LogP contribution in [0.15, 0.2) is 24.3 Å². The fourth-order valence-corrected chi connectivity index (χ4v) is 2.80. The van der Waals surface area contributed by atoms with Crippen molar-refractivity contribution < 1.29 is 5.11 Å². The molecule has 1 heterocycles. The summed E-state index contributed by atoms with van der Waals surface area (Å²) in [5.74, 6) is 0.731. The quantitative estimate of drug-likeness (QED) is 0.898. The van der Waals surface area contributed by atoms with Crippen LogP contribution in [-0.4, -0.2) is 20.5 Å². The van der Waals surface area contributed by atoms with E-state index in [1.54, 1.807) is 0 Å². The van der Waals surface area contributed by atoms with Gasteiger partial charge in [0, 0.05) is 18.9 Å². The fourth-order valence-electron chi connectivity index (χ4n) is 2.80. The molecule has 1 fully saturated rings. The predicted octanol–water partition coefficient (Wildman–Crippen LogP) is 2.67. The highest BCUT2D eigenvalue weighted by molar-refractivity contribution is 5.81. The Hall–Kier alpha value is -1.35. The van der Waals surface area contributed by atoms with Gasteiger partial charge in [0.15, 0.2) is 0 Å². The molecule has 0 aliphatic heterocycles. The Labute approximate surface area is 107 Å². The van der Waals surface area contributed by atoms with E-state index in [1.807, 2.05) is 30.8 Å². The zero-order valence-corrected chi connectivity index (χ0v) is 11.1. The number of para-hydroxylation sites is 1. The van der Waals surface area contributed by atoms with Crippen LogP contribution in [0, 0.1) is 5.92 Å². The molecule has 1 aliphatic rings. The minimum atomic E-state index is -0.627. The maximum absolute atomic E-state index is 10.5. The summed E-state index contributed by atoms with van der Waals surface area (Å²) in [6.45, 7) is 1.94. The third kappa shape index (κ3) is 2.27. The lowest BCUT2D eigenvalue weighted by molar-refractivity contribution is 0.0447. The molecule has 1 aliphatic carbocycles. The van der Waals surface area contributed by atoms with Crippen LogP contribution in [-0.2, 0) is 13.5 Å². The van der Waals surface area contributed by atoms with E-state index in [4.69, 9.17) is 0 Å². The van der Waals surface area contributed by atoms with Gasteiger partial charge in [0.2, 0.25) is 0 Å². The van der Waals surface area contributed by atoms with Crippen LogP contribution >= 0.6 is 0 Å². The van der Waals surface area contributed by atoms with Crippen molar-refractivity contribution in [2.24, 2.45) is 13.0 Å². The van der Waals surface area contributed by atoms with Crippen LogP contribution in [0.4, 0.5) is 0 Å². The van der Waals surface area contributed by atoms with Crippen molar-refractivity contribution in [2.45, 2.75) is 38.2 Å². The van der Waals surface area contributed by atoms with Gasteiger partial charge in [-0.05, 0) is 25.3 Å². The maximum Gasteiger partial charge on any atom is 0.0731 e. The molecule has 3 heteroatoms. The van der Waals surface area contributed by atoms with E-state index in [9.17, 15) is 5.11 Å². The van der Waals surface area contributed by atoms with Crippen LogP contribution in [0.25, 0.3) is 10.9 Å². The summed E-state index contributed by atoms with van der Waals surface area (Å²) in [5.41, 5.74) is 1.52. The SMILES string of the molecule is Cn1nc(CC(C)(O)CC2CC2)c2ccccc21. The number of hydrogen-bond donors (Lipinski definition) is 1. The summed E-state index contributed by atoms with van der Waals surface area (Å²) in [4.78, 5) is 0. The molecule has 96 valence electrons. The van der Waals surface area contributed by atoms with Gasteiger partial charge in [0.25, 0.3) is 0 Å². The van der Waals surface area contributed by atoms with Crippen molar-refractivity contribution in [3.05, 3.63) is 30.0 Å². The van der Waals surface area contributed by atoms with Crippen LogP contribution in [0.3, 0.4) is 0 Å². The van der Waals surface area contributed by atoms with Crippen molar-refractivity contribution in [3.63, 3.8) is 0 Å². The Balaban J connectivity index is 1.89. The molecule has 1 aromatic carbocycles. The first kappa shape index (κ1) is 11.7. The Morgan fingerprint density at radius 2 is 2.11 bits per heavy atom. The van der Waals surface area contributed by atoms with Gasteiger partial charge in [-0.1, -0.05) is 31.0 Å². The molecular weight excluding hydrogens is 224 g/mol. The van der Waals surface area contributed by atoms with Gasteiger partial charge in [0.05, 0.1) is 16.8 Å². The van der Waals surface area contributed by atoms with Gasteiger partial charge >= 0.3 is 0 Å². The van der Waals surface area contributed by atoms with Gasteiger partial charge in [-0.15, -0.1) is 0 Å². The number of rotatable bonds is 4. The van der Waals surface area contributed by atoms with Crippen LogP contribution < -0.4 is 0 Å². The summed E-state index contributed by atoms with van der Waals surface area (Å²) in [5, 5.41) is 16.2. The largest absolute Gasteiger partial charge is 0.390 e. The van der Waals surface area contributed by atoms with Crippen molar-refractivity contribution >= 4 is 10.9 Å². The standard InChI is InChI=1S/C15H20N2O/c1-15(18,9-11-7-8-11)10-13-12-5-3-4-6-14(12)17(2)16-13/h3-6,11,18H,7-10H2,1-2H3. The Morgan fingerprint density at radius 3 is 2.83 bits per heavy atom. The number of benzene rings is 1. The number of hydrogen-bond acceptors (Lipinski definition) is 2. The zero-order valence-electron chi connectivity index (χ0n) is 11.1.